The Morgan fingerprint density at radius 1 is 1.00 bits per heavy atom. The highest BCUT2D eigenvalue weighted by molar-refractivity contribution is 7.14. The zero-order valence-corrected chi connectivity index (χ0v) is 15.6. The van der Waals surface area contributed by atoms with Gasteiger partial charge in [0.15, 0.2) is 5.13 Å². The molecule has 2 amide bonds. The van der Waals surface area contributed by atoms with E-state index in [4.69, 9.17) is 5.73 Å². The van der Waals surface area contributed by atoms with Crippen LogP contribution in [-0.2, 0) is 0 Å². The Kier molecular flexibility index (Phi) is 5.65. The van der Waals surface area contributed by atoms with E-state index in [0.29, 0.717) is 11.0 Å². The van der Waals surface area contributed by atoms with Crippen LogP contribution in [0.3, 0.4) is 0 Å². The summed E-state index contributed by atoms with van der Waals surface area (Å²) in [6.45, 7) is 4.27. The largest absolute Gasteiger partial charge is 0.325 e. The van der Waals surface area contributed by atoms with Gasteiger partial charge in [0.25, 0.3) is 0 Å². The number of thiazole rings is 1. The Morgan fingerprint density at radius 2 is 1.69 bits per heavy atom. The van der Waals surface area contributed by atoms with E-state index in [1.807, 2.05) is 60.0 Å². The van der Waals surface area contributed by atoms with Gasteiger partial charge in [-0.25, -0.2) is 9.78 Å². The number of hydrogen-bond acceptors (Lipinski definition) is 4. The van der Waals surface area contributed by atoms with Crippen LogP contribution in [-0.4, -0.2) is 11.0 Å². The van der Waals surface area contributed by atoms with Gasteiger partial charge in [0.1, 0.15) is 0 Å². The molecule has 0 saturated heterocycles. The molecule has 0 aliphatic rings. The number of amides is 2. The lowest BCUT2D eigenvalue weighted by Crippen LogP contribution is -2.19. The molecule has 3 rings (SSSR count). The number of hydrogen-bond donors (Lipinski definition) is 3. The van der Waals surface area contributed by atoms with Crippen LogP contribution in [0.4, 0.5) is 15.6 Å². The Bertz CT molecular complexity index is 859. The van der Waals surface area contributed by atoms with Crippen molar-refractivity contribution in [3.05, 3.63) is 76.8 Å². The Balaban J connectivity index is 1.61. The van der Waals surface area contributed by atoms with Gasteiger partial charge in [0.05, 0.1) is 11.7 Å². The number of nitrogens with one attached hydrogen (secondary N) is 2. The molecule has 0 spiro atoms. The number of aromatic nitrogens is 1. The molecule has 134 valence electrons. The van der Waals surface area contributed by atoms with E-state index in [0.717, 1.165) is 16.9 Å². The highest BCUT2D eigenvalue weighted by atomic mass is 32.1. The van der Waals surface area contributed by atoms with Crippen molar-refractivity contribution in [2.24, 2.45) is 5.73 Å². The van der Waals surface area contributed by atoms with Crippen molar-refractivity contribution in [1.29, 1.82) is 0 Å². The molecular formula is C20H22N4OS. The molecule has 0 fully saturated rings. The summed E-state index contributed by atoms with van der Waals surface area (Å²) in [6, 6.07) is 16.9. The second kappa shape index (κ2) is 8.12. The minimum atomic E-state index is -0.323. The van der Waals surface area contributed by atoms with E-state index in [2.05, 4.69) is 29.5 Å². The smallest absolute Gasteiger partial charge is 0.319 e. The number of carbonyl (C=O) groups excluding carboxylic acids is 1. The Labute approximate surface area is 157 Å². The summed E-state index contributed by atoms with van der Waals surface area (Å²) in [6.07, 6.45) is 0. The predicted molar refractivity (Wildman–Crippen MR) is 108 cm³/mol. The second-order valence-electron chi connectivity index (χ2n) is 6.32. The highest BCUT2D eigenvalue weighted by Gasteiger charge is 2.14. The van der Waals surface area contributed by atoms with Crippen molar-refractivity contribution in [3.8, 4) is 0 Å². The number of anilines is 2. The van der Waals surface area contributed by atoms with E-state index in [1.54, 1.807) is 0 Å². The summed E-state index contributed by atoms with van der Waals surface area (Å²) in [7, 11) is 0. The van der Waals surface area contributed by atoms with Crippen LogP contribution in [0.25, 0.3) is 0 Å². The Hall–Kier alpha value is -2.70. The molecule has 1 unspecified atom stereocenters. The fraction of sp³-hybridized carbons (Fsp3) is 0.200. The van der Waals surface area contributed by atoms with Crippen LogP contribution in [0.1, 0.15) is 42.6 Å². The number of urea groups is 1. The van der Waals surface area contributed by atoms with Gasteiger partial charge in [-0.2, -0.15) is 0 Å². The van der Waals surface area contributed by atoms with Gasteiger partial charge in [-0.3, -0.25) is 5.32 Å². The van der Waals surface area contributed by atoms with Crippen LogP contribution in [0.2, 0.25) is 0 Å². The number of carbonyl (C=O) groups is 1. The topological polar surface area (TPSA) is 80.0 Å². The molecule has 26 heavy (non-hydrogen) atoms. The SMILES string of the molecule is CC(C)c1ccc(NC(=O)Nc2nc(C(N)c3ccccc3)cs2)cc1. The first-order valence-corrected chi connectivity index (χ1v) is 9.35. The summed E-state index contributed by atoms with van der Waals surface area (Å²) in [5.41, 5.74) is 9.93. The molecule has 0 aliphatic heterocycles. The first-order valence-electron chi connectivity index (χ1n) is 8.47. The summed E-state index contributed by atoms with van der Waals surface area (Å²) in [4.78, 5) is 16.6. The van der Waals surface area contributed by atoms with Crippen LogP contribution >= 0.6 is 11.3 Å². The summed E-state index contributed by atoms with van der Waals surface area (Å²) in [5.74, 6) is 0.459. The van der Waals surface area contributed by atoms with Crippen LogP contribution in [0, 0.1) is 0 Å². The number of nitrogens with two attached hydrogens (primary N) is 1. The maximum absolute atomic E-state index is 12.2. The lowest BCUT2D eigenvalue weighted by molar-refractivity contribution is 0.262. The van der Waals surface area contributed by atoms with Crippen LogP contribution < -0.4 is 16.4 Å². The summed E-state index contributed by atoms with van der Waals surface area (Å²) >= 11 is 1.35. The maximum atomic E-state index is 12.2. The quantitative estimate of drug-likeness (QED) is 0.597. The number of rotatable bonds is 5. The molecular weight excluding hydrogens is 344 g/mol. The fourth-order valence-corrected chi connectivity index (χ4v) is 3.27. The average Bonchev–Trinajstić information content (AvgIpc) is 3.10. The molecule has 5 nitrogen and oxygen atoms in total. The zero-order valence-electron chi connectivity index (χ0n) is 14.8. The minimum absolute atomic E-state index is 0.311. The summed E-state index contributed by atoms with van der Waals surface area (Å²) in [5, 5.41) is 7.95. The third-order valence-corrected chi connectivity index (χ3v) is 4.83. The van der Waals surface area contributed by atoms with Crippen molar-refractivity contribution in [3.63, 3.8) is 0 Å². The van der Waals surface area contributed by atoms with Gasteiger partial charge in [-0.05, 0) is 29.2 Å². The van der Waals surface area contributed by atoms with Crippen LogP contribution in [0.15, 0.2) is 60.0 Å². The van der Waals surface area contributed by atoms with Crippen molar-refractivity contribution in [2.45, 2.75) is 25.8 Å². The molecule has 6 heteroatoms. The molecule has 0 bridgehead atoms. The number of nitrogens with zero attached hydrogens (tertiary/aromatic N) is 1. The van der Waals surface area contributed by atoms with Crippen molar-refractivity contribution in [2.75, 3.05) is 10.6 Å². The second-order valence-corrected chi connectivity index (χ2v) is 7.18. The van der Waals surface area contributed by atoms with Gasteiger partial charge < -0.3 is 11.1 Å². The molecule has 0 radical (unpaired) electrons. The lowest BCUT2D eigenvalue weighted by atomic mass is 10.0. The third-order valence-electron chi connectivity index (χ3n) is 4.05. The first kappa shape index (κ1) is 18.1. The van der Waals surface area contributed by atoms with Gasteiger partial charge in [-0.15, -0.1) is 11.3 Å². The van der Waals surface area contributed by atoms with Gasteiger partial charge in [0, 0.05) is 11.1 Å². The van der Waals surface area contributed by atoms with Gasteiger partial charge in [0.2, 0.25) is 0 Å². The maximum Gasteiger partial charge on any atom is 0.325 e. The monoisotopic (exact) mass is 366 g/mol. The van der Waals surface area contributed by atoms with E-state index >= 15 is 0 Å². The molecule has 0 saturated carbocycles. The number of benzene rings is 2. The Morgan fingerprint density at radius 3 is 2.35 bits per heavy atom. The van der Waals surface area contributed by atoms with Crippen LogP contribution in [0.5, 0.6) is 0 Å². The van der Waals surface area contributed by atoms with E-state index < -0.39 is 0 Å². The standard InChI is InChI=1S/C20H22N4OS/c1-13(2)14-8-10-16(11-9-14)22-19(25)24-20-23-17(12-26-20)18(21)15-6-4-3-5-7-15/h3-13,18H,21H2,1-2H3,(H2,22,23,24,25). The molecule has 3 aromatic rings. The van der Waals surface area contributed by atoms with E-state index in [9.17, 15) is 4.79 Å². The third kappa shape index (κ3) is 4.47. The normalized spacial score (nSPS) is 12.0. The van der Waals surface area contributed by atoms with Gasteiger partial charge in [-0.1, -0.05) is 56.3 Å². The molecule has 0 aliphatic carbocycles. The van der Waals surface area contributed by atoms with Crippen molar-refractivity contribution >= 4 is 28.2 Å². The predicted octanol–water partition coefficient (Wildman–Crippen LogP) is 4.96. The zero-order chi connectivity index (χ0) is 18.5. The van der Waals surface area contributed by atoms with E-state index in [1.165, 1.54) is 16.9 Å². The van der Waals surface area contributed by atoms with Crippen molar-refractivity contribution < 1.29 is 4.79 Å². The lowest BCUT2D eigenvalue weighted by Gasteiger charge is -2.09. The van der Waals surface area contributed by atoms with E-state index in [-0.39, 0.29) is 12.1 Å². The average molecular weight is 366 g/mol. The minimum Gasteiger partial charge on any atom is -0.319 e. The van der Waals surface area contributed by atoms with Gasteiger partial charge >= 0.3 is 6.03 Å². The fourth-order valence-electron chi connectivity index (χ4n) is 2.53. The highest BCUT2D eigenvalue weighted by Crippen LogP contribution is 2.24. The molecule has 2 aromatic carbocycles. The van der Waals surface area contributed by atoms with Crippen molar-refractivity contribution in [1.82, 2.24) is 4.98 Å². The molecule has 1 aromatic heterocycles. The summed E-state index contributed by atoms with van der Waals surface area (Å²) < 4.78 is 0. The molecule has 4 N–H and O–H groups in total. The first-order chi connectivity index (χ1) is 12.5. The molecule has 1 heterocycles. The molecule has 1 atom stereocenters.